The zero-order valence-corrected chi connectivity index (χ0v) is 9.76. The van der Waals surface area contributed by atoms with Crippen LogP contribution in [0.25, 0.3) is 0 Å². The minimum Gasteiger partial charge on any atom is -0.480 e. The molecule has 0 aliphatic heterocycles. The Morgan fingerprint density at radius 3 is 2.50 bits per heavy atom. The SMILES string of the molecule is O=[C]CCCC(NC(=O)c1ccccc1)C(=O)O. The summed E-state index contributed by atoms with van der Waals surface area (Å²) in [7, 11) is 0. The van der Waals surface area contributed by atoms with E-state index < -0.39 is 17.9 Å². The zero-order valence-electron chi connectivity index (χ0n) is 9.76. The molecule has 0 fully saturated rings. The lowest BCUT2D eigenvalue weighted by atomic mass is 10.1. The third kappa shape index (κ3) is 4.37. The number of unbranched alkanes of at least 4 members (excludes halogenated alkanes) is 1. The minimum atomic E-state index is -1.11. The number of hydrogen-bond acceptors (Lipinski definition) is 3. The molecular weight excluding hydrogens is 234 g/mol. The van der Waals surface area contributed by atoms with Crippen molar-refractivity contribution in [2.24, 2.45) is 0 Å². The number of amides is 1. The van der Waals surface area contributed by atoms with Crippen molar-refractivity contribution in [3.05, 3.63) is 35.9 Å². The number of rotatable bonds is 7. The Morgan fingerprint density at radius 1 is 1.28 bits per heavy atom. The molecule has 1 amide bonds. The minimum absolute atomic E-state index is 0.172. The van der Waals surface area contributed by atoms with Crippen molar-refractivity contribution in [3.8, 4) is 0 Å². The molecule has 1 unspecified atom stereocenters. The van der Waals surface area contributed by atoms with Gasteiger partial charge in [-0.05, 0) is 25.0 Å². The van der Waals surface area contributed by atoms with E-state index in [-0.39, 0.29) is 12.8 Å². The highest BCUT2D eigenvalue weighted by atomic mass is 16.4. The Hall–Kier alpha value is -2.17. The van der Waals surface area contributed by atoms with E-state index in [9.17, 15) is 14.4 Å². The van der Waals surface area contributed by atoms with E-state index in [4.69, 9.17) is 5.11 Å². The maximum absolute atomic E-state index is 11.7. The first kappa shape index (κ1) is 13.9. The Labute approximate surface area is 105 Å². The second kappa shape index (κ2) is 7.21. The Balaban J connectivity index is 2.58. The molecule has 1 atom stereocenters. The fourth-order valence-corrected chi connectivity index (χ4v) is 1.47. The third-order valence-electron chi connectivity index (χ3n) is 2.41. The monoisotopic (exact) mass is 248 g/mol. The molecule has 2 N–H and O–H groups in total. The topological polar surface area (TPSA) is 83.5 Å². The molecule has 5 heteroatoms. The molecule has 0 spiro atoms. The van der Waals surface area contributed by atoms with Crippen molar-refractivity contribution >= 4 is 18.2 Å². The smallest absolute Gasteiger partial charge is 0.326 e. The summed E-state index contributed by atoms with van der Waals surface area (Å²) in [5.74, 6) is -1.54. The molecular formula is C13H14NO4. The van der Waals surface area contributed by atoms with Gasteiger partial charge in [0.05, 0.1) is 0 Å². The molecule has 0 bridgehead atoms. The highest BCUT2D eigenvalue weighted by molar-refractivity contribution is 5.96. The van der Waals surface area contributed by atoms with E-state index >= 15 is 0 Å². The number of carbonyl (C=O) groups excluding carboxylic acids is 2. The molecule has 5 nitrogen and oxygen atoms in total. The molecule has 0 aliphatic carbocycles. The van der Waals surface area contributed by atoms with Crippen LogP contribution in [0.5, 0.6) is 0 Å². The van der Waals surface area contributed by atoms with Gasteiger partial charge in [0.25, 0.3) is 5.91 Å². The molecule has 0 heterocycles. The summed E-state index contributed by atoms with van der Waals surface area (Å²) in [6.45, 7) is 0. The lowest BCUT2D eigenvalue weighted by Gasteiger charge is -2.13. The maximum Gasteiger partial charge on any atom is 0.326 e. The van der Waals surface area contributed by atoms with E-state index in [0.29, 0.717) is 12.0 Å². The normalized spacial score (nSPS) is 11.6. The number of benzene rings is 1. The number of carbonyl (C=O) groups is 2. The summed E-state index contributed by atoms with van der Waals surface area (Å²) in [5.41, 5.74) is 0.408. The third-order valence-corrected chi connectivity index (χ3v) is 2.41. The predicted octanol–water partition coefficient (Wildman–Crippen LogP) is 1.15. The van der Waals surface area contributed by atoms with Gasteiger partial charge >= 0.3 is 5.97 Å². The average molecular weight is 248 g/mol. The predicted molar refractivity (Wildman–Crippen MR) is 64.9 cm³/mol. The number of aliphatic carboxylic acids is 1. The van der Waals surface area contributed by atoms with Crippen molar-refractivity contribution in [3.63, 3.8) is 0 Å². The van der Waals surface area contributed by atoms with Crippen LogP contribution in [0.3, 0.4) is 0 Å². The Kier molecular flexibility index (Phi) is 5.57. The van der Waals surface area contributed by atoms with Crippen molar-refractivity contribution in [1.82, 2.24) is 5.32 Å². The van der Waals surface area contributed by atoms with Crippen molar-refractivity contribution in [2.45, 2.75) is 25.3 Å². The summed E-state index contributed by atoms with van der Waals surface area (Å²) in [6, 6.07) is 7.40. The van der Waals surface area contributed by atoms with E-state index in [1.54, 1.807) is 36.6 Å². The lowest BCUT2D eigenvalue weighted by Crippen LogP contribution is -2.40. The van der Waals surface area contributed by atoms with E-state index in [1.165, 1.54) is 0 Å². The van der Waals surface area contributed by atoms with Crippen LogP contribution in [-0.2, 0) is 9.59 Å². The number of hydrogen-bond donors (Lipinski definition) is 2. The molecule has 1 aromatic carbocycles. The van der Waals surface area contributed by atoms with Crippen LogP contribution in [0, 0.1) is 0 Å². The van der Waals surface area contributed by atoms with Gasteiger partial charge in [-0.25, -0.2) is 4.79 Å². The fourth-order valence-electron chi connectivity index (χ4n) is 1.47. The first-order valence-corrected chi connectivity index (χ1v) is 5.59. The number of carboxylic acid groups (broad SMARTS) is 1. The lowest BCUT2D eigenvalue weighted by molar-refractivity contribution is -0.139. The summed E-state index contributed by atoms with van der Waals surface area (Å²) < 4.78 is 0. The average Bonchev–Trinajstić information content (AvgIpc) is 2.38. The van der Waals surface area contributed by atoms with Gasteiger partial charge in [-0.2, -0.15) is 0 Å². The van der Waals surface area contributed by atoms with Gasteiger partial charge in [-0.15, -0.1) is 0 Å². The second-order valence-corrected chi connectivity index (χ2v) is 3.77. The van der Waals surface area contributed by atoms with E-state index in [2.05, 4.69) is 5.32 Å². The summed E-state index contributed by atoms with van der Waals surface area (Å²) in [6.07, 6.45) is 2.46. The number of carboxylic acids is 1. The molecule has 0 aliphatic rings. The van der Waals surface area contributed by atoms with Gasteiger partial charge in [0.2, 0.25) is 0 Å². The molecule has 0 saturated carbocycles. The largest absolute Gasteiger partial charge is 0.480 e. The number of nitrogens with one attached hydrogen (secondary N) is 1. The van der Waals surface area contributed by atoms with Gasteiger partial charge in [0.1, 0.15) is 6.04 Å². The second-order valence-electron chi connectivity index (χ2n) is 3.77. The van der Waals surface area contributed by atoms with E-state index in [1.807, 2.05) is 0 Å². The molecule has 95 valence electrons. The van der Waals surface area contributed by atoms with Gasteiger partial charge in [-0.3, -0.25) is 9.59 Å². The van der Waals surface area contributed by atoms with Crippen LogP contribution in [0.15, 0.2) is 30.3 Å². The van der Waals surface area contributed by atoms with Gasteiger partial charge < -0.3 is 10.4 Å². The molecule has 0 aromatic heterocycles. The van der Waals surface area contributed by atoms with Gasteiger partial charge in [0.15, 0.2) is 6.29 Å². The maximum atomic E-state index is 11.7. The van der Waals surface area contributed by atoms with Crippen LogP contribution in [-0.4, -0.2) is 29.3 Å². The van der Waals surface area contributed by atoms with Crippen molar-refractivity contribution < 1.29 is 19.5 Å². The first-order chi connectivity index (χ1) is 8.65. The Morgan fingerprint density at radius 2 is 1.94 bits per heavy atom. The van der Waals surface area contributed by atoms with Crippen molar-refractivity contribution in [2.75, 3.05) is 0 Å². The summed E-state index contributed by atoms with van der Waals surface area (Å²) in [4.78, 5) is 32.7. The molecule has 18 heavy (non-hydrogen) atoms. The van der Waals surface area contributed by atoms with Crippen LogP contribution in [0.4, 0.5) is 0 Å². The quantitative estimate of drug-likeness (QED) is 0.709. The van der Waals surface area contributed by atoms with Crippen LogP contribution in [0.2, 0.25) is 0 Å². The highest BCUT2D eigenvalue weighted by Gasteiger charge is 2.19. The fraction of sp³-hybridized carbons (Fsp3) is 0.308. The van der Waals surface area contributed by atoms with E-state index in [0.717, 1.165) is 0 Å². The zero-order chi connectivity index (χ0) is 13.4. The Bertz CT molecular complexity index is 416. The molecule has 1 rings (SSSR count). The standard InChI is InChI=1S/C13H14NO4/c15-9-5-4-8-11(13(17)18)14-12(16)10-6-2-1-3-7-10/h1-3,6-7,11H,4-5,8H2,(H,14,16)(H,17,18). The highest BCUT2D eigenvalue weighted by Crippen LogP contribution is 2.03. The summed E-state index contributed by atoms with van der Waals surface area (Å²) in [5, 5.41) is 11.4. The van der Waals surface area contributed by atoms with Crippen molar-refractivity contribution in [1.29, 1.82) is 0 Å². The summed E-state index contributed by atoms with van der Waals surface area (Å²) >= 11 is 0. The van der Waals surface area contributed by atoms with Crippen LogP contribution in [0.1, 0.15) is 29.6 Å². The molecule has 1 radical (unpaired) electrons. The molecule has 0 saturated heterocycles. The van der Waals surface area contributed by atoms with Crippen LogP contribution < -0.4 is 5.32 Å². The first-order valence-electron chi connectivity index (χ1n) is 5.59. The van der Waals surface area contributed by atoms with Gasteiger partial charge in [-0.1, -0.05) is 18.2 Å². The van der Waals surface area contributed by atoms with Crippen LogP contribution >= 0.6 is 0 Å². The van der Waals surface area contributed by atoms with Gasteiger partial charge in [0, 0.05) is 12.0 Å². The molecule has 1 aromatic rings.